The fourth-order valence-electron chi connectivity index (χ4n) is 4.29. The van der Waals surface area contributed by atoms with Gasteiger partial charge in [0.25, 0.3) is 5.56 Å². The summed E-state index contributed by atoms with van der Waals surface area (Å²) in [5, 5.41) is 13.0. The molecule has 0 bridgehead atoms. The number of benzene rings is 1. The van der Waals surface area contributed by atoms with Gasteiger partial charge in [0.2, 0.25) is 5.95 Å². The average Bonchev–Trinajstić information content (AvgIpc) is 3.13. The fraction of sp³-hybridized carbons (Fsp3) is 0.429. The van der Waals surface area contributed by atoms with Gasteiger partial charge in [-0.3, -0.25) is 18.9 Å². The number of aromatic amines is 1. The molecule has 2 aromatic heterocycles. The predicted molar refractivity (Wildman–Crippen MR) is 114 cm³/mol. The van der Waals surface area contributed by atoms with Gasteiger partial charge in [0, 0.05) is 19.1 Å². The van der Waals surface area contributed by atoms with Gasteiger partial charge in [-0.15, -0.1) is 0 Å². The standard InChI is InChI=1S/C21H25N7O2/c1-12(14-8-4-3-7-13(14)11-22)28-17-18(27(2)21(30)26-19(17)29)25-20(28)24-16-10-6-5-9-15(16)23/h3-4,7-8,12,15-16H,5-6,9-10,23H2,1-2H3,(H,24,25)(H,26,29,30). The van der Waals surface area contributed by atoms with Crippen LogP contribution in [0, 0.1) is 11.3 Å². The van der Waals surface area contributed by atoms with Crippen molar-refractivity contribution in [1.29, 1.82) is 5.26 Å². The number of nitrogens with two attached hydrogens (primary N) is 1. The molecule has 1 saturated carbocycles. The van der Waals surface area contributed by atoms with Gasteiger partial charge in [0.05, 0.1) is 17.7 Å². The minimum atomic E-state index is -0.525. The third kappa shape index (κ3) is 3.29. The van der Waals surface area contributed by atoms with Gasteiger partial charge in [-0.25, -0.2) is 4.79 Å². The first-order chi connectivity index (χ1) is 14.4. The highest BCUT2D eigenvalue weighted by atomic mass is 16.2. The first kappa shape index (κ1) is 19.9. The zero-order valence-corrected chi connectivity index (χ0v) is 17.1. The predicted octanol–water partition coefficient (Wildman–Crippen LogP) is 1.59. The van der Waals surface area contributed by atoms with Crippen molar-refractivity contribution in [2.24, 2.45) is 12.8 Å². The lowest BCUT2D eigenvalue weighted by Gasteiger charge is -2.30. The molecule has 0 amide bonds. The molecule has 0 aliphatic heterocycles. The first-order valence-corrected chi connectivity index (χ1v) is 10.1. The summed E-state index contributed by atoms with van der Waals surface area (Å²) in [4.78, 5) is 31.9. The Balaban J connectivity index is 1.94. The number of rotatable bonds is 4. The summed E-state index contributed by atoms with van der Waals surface area (Å²) in [5.74, 6) is 0.472. The van der Waals surface area contributed by atoms with E-state index in [-0.39, 0.29) is 29.3 Å². The summed E-state index contributed by atoms with van der Waals surface area (Å²) >= 11 is 0. The largest absolute Gasteiger partial charge is 0.351 e. The molecule has 1 aliphatic carbocycles. The zero-order chi connectivity index (χ0) is 21.4. The number of hydrogen-bond donors (Lipinski definition) is 3. The number of nitriles is 1. The summed E-state index contributed by atoms with van der Waals surface area (Å²) < 4.78 is 3.09. The van der Waals surface area contributed by atoms with Crippen molar-refractivity contribution in [3.8, 4) is 6.07 Å². The molecule has 1 aliphatic rings. The summed E-state index contributed by atoms with van der Waals surface area (Å²) in [7, 11) is 1.57. The van der Waals surface area contributed by atoms with Crippen LogP contribution in [0.4, 0.5) is 5.95 Å². The maximum absolute atomic E-state index is 12.8. The molecule has 1 fully saturated rings. The van der Waals surface area contributed by atoms with Crippen LogP contribution < -0.4 is 22.3 Å². The number of H-pyrrole nitrogens is 1. The fourth-order valence-corrected chi connectivity index (χ4v) is 4.29. The lowest BCUT2D eigenvalue weighted by atomic mass is 9.91. The van der Waals surface area contributed by atoms with Crippen LogP contribution >= 0.6 is 0 Å². The molecule has 4 rings (SSSR count). The van der Waals surface area contributed by atoms with Crippen LogP contribution in [-0.2, 0) is 7.05 Å². The van der Waals surface area contributed by atoms with E-state index < -0.39 is 11.2 Å². The minimum absolute atomic E-state index is 0.0174. The van der Waals surface area contributed by atoms with E-state index in [9.17, 15) is 14.9 Å². The molecule has 1 aromatic carbocycles. The van der Waals surface area contributed by atoms with E-state index >= 15 is 0 Å². The third-order valence-corrected chi connectivity index (χ3v) is 6.00. The molecular formula is C21H25N7O2. The van der Waals surface area contributed by atoms with Crippen LogP contribution in [0.25, 0.3) is 11.2 Å². The topological polar surface area (TPSA) is 135 Å². The van der Waals surface area contributed by atoms with Crippen LogP contribution in [0.2, 0.25) is 0 Å². The highest BCUT2D eigenvalue weighted by Gasteiger charge is 2.27. The van der Waals surface area contributed by atoms with Gasteiger partial charge in [-0.1, -0.05) is 31.0 Å². The average molecular weight is 407 g/mol. The van der Waals surface area contributed by atoms with Gasteiger partial charge < -0.3 is 11.1 Å². The second-order valence-corrected chi connectivity index (χ2v) is 7.87. The molecule has 9 nitrogen and oxygen atoms in total. The van der Waals surface area contributed by atoms with E-state index in [2.05, 4.69) is 21.4 Å². The number of fused-ring (bicyclic) bond motifs is 1. The van der Waals surface area contributed by atoms with E-state index in [0.29, 0.717) is 11.5 Å². The lowest BCUT2D eigenvalue weighted by molar-refractivity contribution is 0.401. The maximum atomic E-state index is 12.8. The lowest BCUT2D eigenvalue weighted by Crippen LogP contribution is -2.43. The van der Waals surface area contributed by atoms with Gasteiger partial charge in [0.1, 0.15) is 0 Å². The smallest absolute Gasteiger partial charge is 0.329 e. The van der Waals surface area contributed by atoms with Crippen LogP contribution in [0.5, 0.6) is 0 Å². The van der Waals surface area contributed by atoms with Crippen LogP contribution in [0.15, 0.2) is 33.9 Å². The molecule has 3 aromatic rings. The quantitative estimate of drug-likeness (QED) is 0.601. The van der Waals surface area contributed by atoms with Gasteiger partial charge in [-0.05, 0) is 31.4 Å². The Kier molecular flexibility index (Phi) is 5.18. The van der Waals surface area contributed by atoms with Crippen molar-refractivity contribution in [1.82, 2.24) is 19.1 Å². The van der Waals surface area contributed by atoms with Crippen molar-refractivity contribution in [3.63, 3.8) is 0 Å². The second-order valence-electron chi connectivity index (χ2n) is 7.87. The van der Waals surface area contributed by atoms with Crippen LogP contribution in [0.1, 0.15) is 49.8 Å². The molecule has 2 heterocycles. The second kappa shape index (κ2) is 7.80. The Labute approximate surface area is 173 Å². The number of hydrogen-bond acceptors (Lipinski definition) is 6. The van der Waals surface area contributed by atoms with E-state index in [0.717, 1.165) is 31.2 Å². The number of nitrogens with one attached hydrogen (secondary N) is 2. The maximum Gasteiger partial charge on any atom is 0.329 e. The molecule has 3 unspecified atom stereocenters. The van der Waals surface area contributed by atoms with E-state index in [1.54, 1.807) is 23.7 Å². The van der Waals surface area contributed by atoms with Crippen LogP contribution in [-0.4, -0.2) is 31.2 Å². The Morgan fingerprint density at radius 2 is 2.03 bits per heavy atom. The van der Waals surface area contributed by atoms with Gasteiger partial charge in [-0.2, -0.15) is 10.2 Å². The number of anilines is 1. The van der Waals surface area contributed by atoms with Crippen molar-refractivity contribution < 1.29 is 0 Å². The summed E-state index contributed by atoms with van der Waals surface area (Å²) in [6, 6.07) is 9.11. The number of nitrogens with zero attached hydrogens (tertiary/aromatic N) is 4. The molecule has 4 N–H and O–H groups in total. The first-order valence-electron chi connectivity index (χ1n) is 10.1. The number of aromatic nitrogens is 4. The summed E-state index contributed by atoms with van der Waals surface area (Å²) in [6.07, 6.45) is 3.99. The SMILES string of the molecule is CC(c1ccccc1C#N)n1c(NC2CCCCC2N)nc2c1c(=O)[nH]c(=O)n2C. The molecule has 0 saturated heterocycles. The Morgan fingerprint density at radius 3 is 2.77 bits per heavy atom. The van der Waals surface area contributed by atoms with Gasteiger partial charge >= 0.3 is 5.69 Å². The third-order valence-electron chi connectivity index (χ3n) is 6.00. The summed E-state index contributed by atoms with van der Waals surface area (Å²) in [5.41, 5.74) is 7.15. The van der Waals surface area contributed by atoms with Crippen molar-refractivity contribution in [2.45, 2.75) is 50.7 Å². The Hall–Kier alpha value is -3.38. The van der Waals surface area contributed by atoms with Crippen molar-refractivity contribution in [2.75, 3.05) is 5.32 Å². The molecule has 3 atom stereocenters. The minimum Gasteiger partial charge on any atom is -0.351 e. The molecule has 0 radical (unpaired) electrons. The zero-order valence-electron chi connectivity index (χ0n) is 17.1. The van der Waals surface area contributed by atoms with Crippen molar-refractivity contribution in [3.05, 3.63) is 56.2 Å². The molecule has 0 spiro atoms. The summed E-state index contributed by atoms with van der Waals surface area (Å²) in [6.45, 7) is 1.91. The highest BCUT2D eigenvalue weighted by molar-refractivity contribution is 5.75. The van der Waals surface area contributed by atoms with E-state index in [1.807, 2.05) is 19.1 Å². The van der Waals surface area contributed by atoms with E-state index in [4.69, 9.17) is 5.73 Å². The Bertz CT molecular complexity index is 1250. The Morgan fingerprint density at radius 1 is 1.30 bits per heavy atom. The highest BCUT2D eigenvalue weighted by Crippen LogP contribution is 2.30. The molecule has 156 valence electrons. The van der Waals surface area contributed by atoms with Gasteiger partial charge in [0.15, 0.2) is 11.2 Å². The van der Waals surface area contributed by atoms with E-state index in [1.165, 1.54) is 4.57 Å². The van der Waals surface area contributed by atoms with Crippen LogP contribution in [0.3, 0.4) is 0 Å². The van der Waals surface area contributed by atoms with Crippen molar-refractivity contribution >= 4 is 17.1 Å². The number of imidazole rings is 1. The molecule has 9 heteroatoms. The molecular weight excluding hydrogens is 382 g/mol. The normalized spacial score (nSPS) is 20.1. The molecule has 30 heavy (non-hydrogen) atoms. The monoisotopic (exact) mass is 407 g/mol. The number of aryl methyl sites for hydroxylation is 1.